The van der Waals surface area contributed by atoms with Gasteiger partial charge in [0.2, 0.25) is 0 Å². The molecule has 0 radical (unpaired) electrons. The largest absolute Gasteiger partial charge is 0.469 e. The molecule has 0 bridgehead atoms. The molecule has 6 nitrogen and oxygen atoms in total. The van der Waals surface area contributed by atoms with Crippen molar-refractivity contribution in [1.82, 2.24) is 19.7 Å². The molecule has 128 valence electrons. The van der Waals surface area contributed by atoms with Crippen molar-refractivity contribution >= 4 is 5.97 Å². The van der Waals surface area contributed by atoms with E-state index in [1.54, 1.807) is 6.33 Å². The number of carbonyl (C=O) groups is 1. The molecule has 0 N–H and O–H groups in total. The molecule has 0 aromatic carbocycles. The van der Waals surface area contributed by atoms with Crippen LogP contribution in [0.15, 0.2) is 18.5 Å². The molecule has 0 unspecified atom stereocenters. The average Bonchev–Trinajstić information content (AvgIpc) is 2.93. The number of aromatic nitrogens is 4. The van der Waals surface area contributed by atoms with E-state index in [1.807, 2.05) is 30.7 Å². The van der Waals surface area contributed by atoms with E-state index >= 15 is 0 Å². The van der Waals surface area contributed by atoms with Crippen molar-refractivity contribution < 1.29 is 9.53 Å². The number of rotatable bonds is 4. The predicted molar refractivity (Wildman–Crippen MR) is 89.8 cm³/mol. The zero-order valence-corrected chi connectivity index (χ0v) is 14.5. The van der Waals surface area contributed by atoms with Crippen LogP contribution < -0.4 is 0 Å². The minimum absolute atomic E-state index is 0.0673. The van der Waals surface area contributed by atoms with E-state index in [0.717, 1.165) is 55.0 Å². The van der Waals surface area contributed by atoms with Gasteiger partial charge in [-0.1, -0.05) is 0 Å². The van der Waals surface area contributed by atoms with E-state index in [0.29, 0.717) is 5.92 Å². The van der Waals surface area contributed by atoms with Crippen LogP contribution in [0, 0.1) is 25.7 Å². The first kappa shape index (κ1) is 16.6. The Morgan fingerprint density at radius 1 is 1.21 bits per heavy atom. The van der Waals surface area contributed by atoms with Crippen molar-refractivity contribution in [1.29, 1.82) is 0 Å². The number of nitrogens with zero attached hydrogens (tertiary/aromatic N) is 4. The maximum atomic E-state index is 11.6. The van der Waals surface area contributed by atoms with Gasteiger partial charge in [-0.05, 0) is 57.9 Å². The molecule has 0 atom stereocenters. The SMILES string of the molecule is COC(=O)[C@H]1CC[C@H](Cc2cc(-n3nc(C)cc3C)ncn2)CC1. The maximum absolute atomic E-state index is 11.6. The Balaban J connectivity index is 1.66. The van der Waals surface area contributed by atoms with E-state index in [9.17, 15) is 4.79 Å². The molecule has 2 aromatic rings. The molecule has 0 saturated heterocycles. The Labute approximate surface area is 142 Å². The van der Waals surface area contributed by atoms with Gasteiger partial charge in [0.15, 0.2) is 5.82 Å². The summed E-state index contributed by atoms with van der Waals surface area (Å²) in [4.78, 5) is 20.4. The molecule has 24 heavy (non-hydrogen) atoms. The van der Waals surface area contributed by atoms with Gasteiger partial charge in [-0.15, -0.1) is 0 Å². The lowest BCUT2D eigenvalue weighted by molar-refractivity contribution is -0.146. The summed E-state index contributed by atoms with van der Waals surface area (Å²) in [6, 6.07) is 4.06. The minimum atomic E-state index is -0.0673. The van der Waals surface area contributed by atoms with Crippen LogP contribution in [0.4, 0.5) is 0 Å². The Morgan fingerprint density at radius 3 is 2.58 bits per heavy atom. The van der Waals surface area contributed by atoms with E-state index in [2.05, 4.69) is 15.1 Å². The van der Waals surface area contributed by atoms with Crippen LogP contribution in [0.2, 0.25) is 0 Å². The van der Waals surface area contributed by atoms with Crippen molar-refractivity contribution in [2.75, 3.05) is 7.11 Å². The monoisotopic (exact) mass is 328 g/mol. The zero-order valence-electron chi connectivity index (χ0n) is 14.5. The fourth-order valence-corrected chi connectivity index (χ4v) is 3.54. The zero-order chi connectivity index (χ0) is 17.1. The van der Waals surface area contributed by atoms with E-state index in [-0.39, 0.29) is 11.9 Å². The highest BCUT2D eigenvalue weighted by Crippen LogP contribution is 2.31. The molecule has 2 heterocycles. The summed E-state index contributed by atoms with van der Waals surface area (Å²) < 4.78 is 6.71. The van der Waals surface area contributed by atoms with Crippen molar-refractivity contribution in [3.63, 3.8) is 0 Å². The lowest BCUT2D eigenvalue weighted by atomic mass is 9.80. The fourth-order valence-electron chi connectivity index (χ4n) is 3.54. The summed E-state index contributed by atoms with van der Waals surface area (Å²) in [6.07, 6.45) is 6.43. The maximum Gasteiger partial charge on any atom is 0.308 e. The second kappa shape index (κ2) is 7.11. The summed E-state index contributed by atoms with van der Waals surface area (Å²) in [5, 5.41) is 4.48. The number of carbonyl (C=O) groups excluding carboxylic acids is 1. The lowest BCUT2D eigenvalue weighted by Crippen LogP contribution is -2.24. The number of hydrogen-bond donors (Lipinski definition) is 0. The van der Waals surface area contributed by atoms with Gasteiger partial charge in [0.25, 0.3) is 0 Å². The number of esters is 1. The van der Waals surface area contributed by atoms with Crippen LogP contribution in [-0.2, 0) is 16.0 Å². The summed E-state index contributed by atoms with van der Waals surface area (Å²) in [7, 11) is 1.47. The molecule has 1 fully saturated rings. The molecule has 1 aliphatic rings. The number of hydrogen-bond acceptors (Lipinski definition) is 5. The first-order valence-electron chi connectivity index (χ1n) is 8.49. The highest BCUT2D eigenvalue weighted by molar-refractivity contribution is 5.72. The van der Waals surface area contributed by atoms with Crippen LogP contribution >= 0.6 is 0 Å². The number of aryl methyl sites for hydroxylation is 2. The van der Waals surface area contributed by atoms with Gasteiger partial charge >= 0.3 is 5.97 Å². The minimum Gasteiger partial charge on any atom is -0.469 e. The molecule has 2 aromatic heterocycles. The van der Waals surface area contributed by atoms with Gasteiger partial charge in [0, 0.05) is 17.5 Å². The predicted octanol–water partition coefficient (Wildman–Crippen LogP) is 2.80. The van der Waals surface area contributed by atoms with Crippen LogP contribution in [0.1, 0.15) is 42.8 Å². The third kappa shape index (κ3) is 3.63. The van der Waals surface area contributed by atoms with Crippen molar-refractivity contribution in [2.24, 2.45) is 11.8 Å². The van der Waals surface area contributed by atoms with Crippen LogP contribution in [0.3, 0.4) is 0 Å². The molecular formula is C18H24N4O2. The Bertz CT molecular complexity index is 718. The van der Waals surface area contributed by atoms with Crippen LogP contribution in [0.5, 0.6) is 0 Å². The quantitative estimate of drug-likeness (QED) is 0.807. The molecular weight excluding hydrogens is 304 g/mol. The summed E-state index contributed by atoms with van der Waals surface area (Å²) >= 11 is 0. The van der Waals surface area contributed by atoms with Crippen LogP contribution in [-0.4, -0.2) is 32.8 Å². The van der Waals surface area contributed by atoms with E-state index < -0.39 is 0 Å². The Morgan fingerprint density at radius 2 is 1.96 bits per heavy atom. The molecule has 6 heteroatoms. The highest BCUT2D eigenvalue weighted by Gasteiger charge is 2.27. The lowest BCUT2D eigenvalue weighted by Gasteiger charge is -2.26. The normalized spacial score (nSPS) is 20.8. The number of methoxy groups -OCH3 is 1. The van der Waals surface area contributed by atoms with Gasteiger partial charge in [-0.25, -0.2) is 14.6 Å². The standard InChI is InChI=1S/C18H24N4O2/c1-12-8-13(2)22(21-12)17-10-16(19-11-20-17)9-14-4-6-15(7-5-14)18(23)24-3/h8,10-11,14-15H,4-7,9H2,1-3H3/t14-,15-. The first-order valence-corrected chi connectivity index (χ1v) is 8.49. The molecule has 1 aliphatic carbocycles. The number of ether oxygens (including phenoxy) is 1. The third-order valence-corrected chi connectivity index (χ3v) is 4.81. The summed E-state index contributed by atoms with van der Waals surface area (Å²) in [5.74, 6) is 1.38. The van der Waals surface area contributed by atoms with Gasteiger partial charge in [-0.3, -0.25) is 4.79 Å². The van der Waals surface area contributed by atoms with E-state index in [1.165, 1.54) is 7.11 Å². The van der Waals surface area contributed by atoms with Gasteiger partial charge in [-0.2, -0.15) is 5.10 Å². The average molecular weight is 328 g/mol. The molecule has 1 saturated carbocycles. The van der Waals surface area contributed by atoms with Gasteiger partial charge in [0.05, 0.1) is 18.7 Å². The third-order valence-electron chi connectivity index (χ3n) is 4.81. The molecule has 0 aliphatic heterocycles. The van der Waals surface area contributed by atoms with E-state index in [4.69, 9.17) is 4.74 Å². The van der Waals surface area contributed by atoms with Crippen molar-refractivity contribution in [3.8, 4) is 5.82 Å². The first-order chi connectivity index (χ1) is 11.6. The van der Waals surface area contributed by atoms with Crippen molar-refractivity contribution in [3.05, 3.63) is 35.5 Å². The topological polar surface area (TPSA) is 69.9 Å². The molecule has 0 amide bonds. The molecule has 3 rings (SSSR count). The second-order valence-electron chi connectivity index (χ2n) is 6.65. The van der Waals surface area contributed by atoms with Crippen LogP contribution in [0.25, 0.3) is 5.82 Å². The summed E-state index contributed by atoms with van der Waals surface area (Å²) in [5.41, 5.74) is 3.08. The fraction of sp³-hybridized carbons (Fsp3) is 0.556. The smallest absolute Gasteiger partial charge is 0.308 e. The Kier molecular flexibility index (Phi) is 4.92. The highest BCUT2D eigenvalue weighted by atomic mass is 16.5. The molecule has 0 spiro atoms. The van der Waals surface area contributed by atoms with Gasteiger partial charge in [0.1, 0.15) is 6.33 Å². The van der Waals surface area contributed by atoms with Gasteiger partial charge < -0.3 is 4.74 Å². The summed E-state index contributed by atoms with van der Waals surface area (Å²) in [6.45, 7) is 4.00. The Hall–Kier alpha value is -2.24. The second-order valence-corrected chi connectivity index (χ2v) is 6.65. The van der Waals surface area contributed by atoms with Crippen molar-refractivity contribution in [2.45, 2.75) is 46.0 Å².